The van der Waals surface area contributed by atoms with Crippen molar-refractivity contribution < 1.29 is 17.7 Å². The standard InChI is InChI=1S/C12H12BrN3O4S/c1-6-3-9(8(13)5-11(6)21(14,18)19)15-12(17)10-4-7(2)20-16-10/h3-5H,1-2H3,(H,15,17)(H2,14,18,19). The predicted molar refractivity (Wildman–Crippen MR) is 79.4 cm³/mol. The van der Waals surface area contributed by atoms with Crippen LogP contribution in [0.4, 0.5) is 5.69 Å². The molecule has 1 aromatic carbocycles. The smallest absolute Gasteiger partial charge is 0.277 e. The number of anilines is 1. The molecule has 0 aliphatic heterocycles. The first-order valence-electron chi connectivity index (χ1n) is 5.76. The van der Waals surface area contributed by atoms with Crippen molar-refractivity contribution >= 4 is 37.5 Å². The number of benzene rings is 1. The van der Waals surface area contributed by atoms with Crippen LogP contribution in [0.25, 0.3) is 0 Å². The molecule has 0 saturated carbocycles. The third-order valence-corrected chi connectivity index (χ3v) is 4.39. The van der Waals surface area contributed by atoms with Crippen LogP contribution in [0.2, 0.25) is 0 Å². The minimum atomic E-state index is -3.82. The van der Waals surface area contributed by atoms with Crippen LogP contribution in [0.15, 0.2) is 32.1 Å². The Labute approximate surface area is 129 Å². The van der Waals surface area contributed by atoms with Gasteiger partial charge in [0.1, 0.15) is 5.76 Å². The molecule has 2 aromatic rings. The first-order chi connectivity index (χ1) is 9.68. The van der Waals surface area contributed by atoms with E-state index in [1.165, 1.54) is 18.2 Å². The number of hydrogen-bond donors (Lipinski definition) is 2. The second-order valence-electron chi connectivity index (χ2n) is 4.42. The highest BCUT2D eigenvalue weighted by Crippen LogP contribution is 2.28. The molecule has 0 unspecified atom stereocenters. The van der Waals surface area contributed by atoms with Crippen molar-refractivity contribution in [3.8, 4) is 0 Å². The van der Waals surface area contributed by atoms with Crippen molar-refractivity contribution in [2.45, 2.75) is 18.7 Å². The van der Waals surface area contributed by atoms with Gasteiger partial charge in [-0.15, -0.1) is 0 Å². The molecule has 1 aromatic heterocycles. The molecular weight excluding hydrogens is 362 g/mol. The van der Waals surface area contributed by atoms with Crippen molar-refractivity contribution in [3.05, 3.63) is 39.7 Å². The highest BCUT2D eigenvalue weighted by atomic mass is 79.9. The zero-order valence-electron chi connectivity index (χ0n) is 11.2. The first kappa shape index (κ1) is 15.7. The maximum Gasteiger partial charge on any atom is 0.277 e. The Morgan fingerprint density at radius 3 is 2.52 bits per heavy atom. The molecule has 0 aliphatic rings. The van der Waals surface area contributed by atoms with Crippen LogP contribution < -0.4 is 10.5 Å². The molecule has 7 nitrogen and oxygen atoms in total. The van der Waals surface area contributed by atoms with Gasteiger partial charge in [0.2, 0.25) is 10.0 Å². The van der Waals surface area contributed by atoms with E-state index in [9.17, 15) is 13.2 Å². The van der Waals surface area contributed by atoms with Crippen molar-refractivity contribution in [2.24, 2.45) is 5.14 Å². The number of sulfonamides is 1. The van der Waals surface area contributed by atoms with Gasteiger partial charge in [-0.3, -0.25) is 4.79 Å². The third-order valence-electron chi connectivity index (χ3n) is 2.68. The minimum absolute atomic E-state index is 0.00958. The Morgan fingerprint density at radius 1 is 1.33 bits per heavy atom. The van der Waals surface area contributed by atoms with Crippen LogP contribution in [0, 0.1) is 13.8 Å². The van der Waals surface area contributed by atoms with Gasteiger partial charge < -0.3 is 9.84 Å². The Bertz CT molecular complexity index is 814. The van der Waals surface area contributed by atoms with E-state index in [2.05, 4.69) is 26.4 Å². The zero-order valence-corrected chi connectivity index (χ0v) is 13.6. The predicted octanol–water partition coefficient (Wildman–Crippen LogP) is 1.95. The lowest BCUT2D eigenvalue weighted by Gasteiger charge is -2.10. The molecule has 9 heteroatoms. The second kappa shape index (κ2) is 5.58. The summed E-state index contributed by atoms with van der Waals surface area (Å²) in [4.78, 5) is 12.0. The highest BCUT2D eigenvalue weighted by molar-refractivity contribution is 9.10. The molecule has 21 heavy (non-hydrogen) atoms. The fourth-order valence-electron chi connectivity index (χ4n) is 1.73. The Hall–Kier alpha value is -1.71. The van der Waals surface area contributed by atoms with Gasteiger partial charge in [0.15, 0.2) is 5.69 Å². The van der Waals surface area contributed by atoms with Gasteiger partial charge in [-0.1, -0.05) is 5.16 Å². The SMILES string of the molecule is Cc1cc(C(=O)Nc2cc(C)c(S(N)(=O)=O)cc2Br)no1. The molecule has 112 valence electrons. The van der Waals surface area contributed by atoms with Gasteiger partial charge in [0.05, 0.1) is 10.6 Å². The number of amides is 1. The van der Waals surface area contributed by atoms with E-state index in [1.807, 2.05) is 0 Å². The minimum Gasteiger partial charge on any atom is -0.361 e. The quantitative estimate of drug-likeness (QED) is 0.852. The van der Waals surface area contributed by atoms with E-state index in [-0.39, 0.29) is 10.6 Å². The number of halogens is 1. The lowest BCUT2D eigenvalue weighted by molar-refractivity contribution is 0.101. The summed E-state index contributed by atoms with van der Waals surface area (Å²) in [6.07, 6.45) is 0. The summed E-state index contributed by atoms with van der Waals surface area (Å²) in [5.74, 6) is 0.0512. The fraction of sp³-hybridized carbons (Fsp3) is 0.167. The molecule has 0 fully saturated rings. The summed E-state index contributed by atoms with van der Waals surface area (Å²) in [6, 6.07) is 4.35. The highest BCUT2D eigenvalue weighted by Gasteiger charge is 2.17. The summed E-state index contributed by atoms with van der Waals surface area (Å²) in [7, 11) is -3.82. The van der Waals surface area contributed by atoms with Crippen LogP contribution in [-0.4, -0.2) is 19.5 Å². The summed E-state index contributed by atoms with van der Waals surface area (Å²) >= 11 is 3.20. The Balaban J connectivity index is 2.34. The average molecular weight is 374 g/mol. The van der Waals surface area contributed by atoms with Crippen LogP contribution in [-0.2, 0) is 10.0 Å². The van der Waals surface area contributed by atoms with Crippen molar-refractivity contribution in [2.75, 3.05) is 5.32 Å². The van der Waals surface area contributed by atoms with Gasteiger partial charge in [0.25, 0.3) is 5.91 Å². The summed E-state index contributed by atoms with van der Waals surface area (Å²) in [6.45, 7) is 3.26. The van der Waals surface area contributed by atoms with Crippen molar-refractivity contribution in [1.82, 2.24) is 5.16 Å². The maximum atomic E-state index is 12.0. The van der Waals surface area contributed by atoms with E-state index in [0.29, 0.717) is 21.5 Å². The molecule has 0 spiro atoms. The molecular formula is C12H12BrN3O4S. The number of rotatable bonds is 3. The molecule has 0 atom stereocenters. The number of aryl methyl sites for hydroxylation is 2. The van der Waals surface area contributed by atoms with E-state index < -0.39 is 15.9 Å². The number of aromatic nitrogens is 1. The third kappa shape index (κ3) is 3.49. The summed E-state index contributed by atoms with van der Waals surface area (Å²) < 4.78 is 28.0. The van der Waals surface area contributed by atoms with Crippen molar-refractivity contribution in [1.29, 1.82) is 0 Å². The number of nitrogens with two attached hydrogens (primary N) is 1. The van der Waals surface area contributed by atoms with Crippen LogP contribution in [0.3, 0.4) is 0 Å². The molecule has 0 saturated heterocycles. The largest absolute Gasteiger partial charge is 0.361 e. The number of nitrogens with zero attached hydrogens (tertiary/aromatic N) is 1. The lowest BCUT2D eigenvalue weighted by Crippen LogP contribution is -2.16. The molecule has 2 rings (SSSR count). The van der Waals surface area contributed by atoms with E-state index in [0.717, 1.165) is 0 Å². The zero-order chi connectivity index (χ0) is 15.8. The van der Waals surface area contributed by atoms with Gasteiger partial charge >= 0.3 is 0 Å². The average Bonchev–Trinajstić information content (AvgIpc) is 2.78. The lowest BCUT2D eigenvalue weighted by atomic mass is 10.2. The van der Waals surface area contributed by atoms with Gasteiger partial charge in [-0.25, -0.2) is 13.6 Å². The molecule has 0 radical (unpaired) electrons. The number of carbonyl (C=O) groups is 1. The monoisotopic (exact) mass is 373 g/mol. The summed E-state index contributed by atoms with van der Waals surface area (Å²) in [5.41, 5.74) is 0.963. The van der Waals surface area contributed by atoms with Gasteiger partial charge in [-0.2, -0.15) is 0 Å². The number of carbonyl (C=O) groups excluding carboxylic acids is 1. The number of nitrogens with one attached hydrogen (secondary N) is 1. The van der Waals surface area contributed by atoms with E-state index in [1.54, 1.807) is 13.8 Å². The Morgan fingerprint density at radius 2 is 2.00 bits per heavy atom. The topological polar surface area (TPSA) is 115 Å². The Kier molecular flexibility index (Phi) is 4.17. The van der Waals surface area contributed by atoms with Gasteiger partial charge in [0, 0.05) is 10.5 Å². The molecule has 3 N–H and O–H groups in total. The van der Waals surface area contributed by atoms with Crippen LogP contribution >= 0.6 is 15.9 Å². The second-order valence-corrected chi connectivity index (χ2v) is 6.80. The molecule has 0 bridgehead atoms. The fourth-order valence-corrected chi connectivity index (χ4v) is 3.11. The van der Waals surface area contributed by atoms with E-state index >= 15 is 0 Å². The van der Waals surface area contributed by atoms with Crippen molar-refractivity contribution in [3.63, 3.8) is 0 Å². The maximum absolute atomic E-state index is 12.0. The van der Waals surface area contributed by atoms with E-state index in [4.69, 9.17) is 9.66 Å². The molecule has 1 amide bonds. The van der Waals surface area contributed by atoms with Gasteiger partial charge in [-0.05, 0) is 47.5 Å². The van der Waals surface area contributed by atoms with Crippen LogP contribution in [0.5, 0.6) is 0 Å². The normalized spacial score (nSPS) is 11.4. The first-order valence-corrected chi connectivity index (χ1v) is 8.10. The number of hydrogen-bond acceptors (Lipinski definition) is 5. The molecule has 1 heterocycles. The van der Waals surface area contributed by atoms with Crippen LogP contribution in [0.1, 0.15) is 21.8 Å². The summed E-state index contributed by atoms with van der Waals surface area (Å²) in [5, 5.41) is 11.3. The molecule has 0 aliphatic carbocycles. The number of primary sulfonamides is 1.